The van der Waals surface area contributed by atoms with Gasteiger partial charge in [0, 0.05) is 5.02 Å². The first-order valence-electron chi connectivity index (χ1n) is 5.37. The highest BCUT2D eigenvalue weighted by molar-refractivity contribution is 6.31. The van der Waals surface area contributed by atoms with E-state index in [1.54, 1.807) is 0 Å². The summed E-state index contributed by atoms with van der Waals surface area (Å²) < 4.78 is 45.0. The average molecular weight is 297 g/mol. The zero-order chi connectivity index (χ0) is 14.5. The molecule has 0 bridgehead atoms. The Morgan fingerprint density at radius 2 is 2.00 bits per heavy atom. The van der Waals surface area contributed by atoms with Crippen molar-refractivity contribution >= 4 is 17.4 Å². The van der Waals surface area contributed by atoms with Gasteiger partial charge in [-0.25, -0.2) is 0 Å². The van der Waals surface area contributed by atoms with Crippen molar-refractivity contribution < 1.29 is 27.4 Å². The van der Waals surface area contributed by atoms with Crippen molar-refractivity contribution in [2.45, 2.75) is 13.1 Å². The van der Waals surface area contributed by atoms with Crippen LogP contribution in [0.5, 0.6) is 5.75 Å². The second kappa shape index (κ2) is 6.77. The van der Waals surface area contributed by atoms with Crippen LogP contribution in [0, 0.1) is 0 Å². The summed E-state index contributed by atoms with van der Waals surface area (Å²) in [4.78, 5) is 11.3. The summed E-state index contributed by atoms with van der Waals surface area (Å²) >= 11 is 5.74. The van der Waals surface area contributed by atoms with E-state index in [4.69, 9.17) is 16.3 Å². The van der Waals surface area contributed by atoms with Crippen LogP contribution in [-0.4, -0.2) is 31.8 Å². The Morgan fingerprint density at radius 3 is 2.58 bits per heavy atom. The molecule has 0 fully saturated rings. The molecule has 0 aliphatic heterocycles. The molecule has 1 aromatic carbocycles. The SMILES string of the molecule is CC(=O)c1cc(Cl)ccc1OCCOCC(F)(F)F. The first kappa shape index (κ1) is 15.8. The topological polar surface area (TPSA) is 35.5 Å². The number of benzene rings is 1. The van der Waals surface area contributed by atoms with Crippen molar-refractivity contribution in [3.05, 3.63) is 28.8 Å². The van der Waals surface area contributed by atoms with Crippen LogP contribution in [0.1, 0.15) is 17.3 Å². The summed E-state index contributed by atoms with van der Waals surface area (Å²) in [5.41, 5.74) is 0.281. The van der Waals surface area contributed by atoms with Crippen LogP contribution in [0.25, 0.3) is 0 Å². The highest BCUT2D eigenvalue weighted by Gasteiger charge is 2.27. The summed E-state index contributed by atoms with van der Waals surface area (Å²) in [5.74, 6) is 0.0289. The molecule has 0 spiro atoms. The standard InChI is InChI=1S/C12H12ClF3O3/c1-8(17)10-6-9(13)2-3-11(10)19-5-4-18-7-12(14,15)16/h2-3,6H,4-5,7H2,1H3. The maximum Gasteiger partial charge on any atom is 0.411 e. The lowest BCUT2D eigenvalue weighted by Gasteiger charge is -2.11. The lowest BCUT2D eigenvalue weighted by Crippen LogP contribution is -2.19. The number of ketones is 1. The van der Waals surface area contributed by atoms with Gasteiger partial charge in [0.15, 0.2) is 5.78 Å². The molecule has 0 amide bonds. The third-order valence-corrected chi connectivity index (χ3v) is 2.31. The largest absolute Gasteiger partial charge is 0.490 e. The molecule has 0 aliphatic carbocycles. The maximum absolute atomic E-state index is 11.8. The Kier molecular flexibility index (Phi) is 5.62. The Balaban J connectivity index is 2.47. The fourth-order valence-corrected chi connectivity index (χ4v) is 1.47. The number of rotatable bonds is 6. The molecule has 0 saturated heterocycles. The van der Waals surface area contributed by atoms with E-state index in [0.29, 0.717) is 5.02 Å². The molecule has 0 saturated carbocycles. The summed E-state index contributed by atoms with van der Waals surface area (Å²) in [6.45, 7) is -0.285. The lowest BCUT2D eigenvalue weighted by molar-refractivity contribution is -0.175. The van der Waals surface area contributed by atoms with Gasteiger partial charge in [0.2, 0.25) is 0 Å². The van der Waals surface area contributed by atoms with Crippen molar-refractivity contribution in [3.63, 3.8) is 0 Å². The smallest absolute Gasteiger partial charge is 0.411 e. The number of carbonyl (C=O) groups excluding carboxylic acids is 1. The Morgan fingerprint density at radius 1 is 1.32 bits per heavy atom. The zero-order valence-electron chi connectivity index (χ0n) is 10.1. The predicted molar refractivity (Wildman–Crippen MR) is 63.8 cm³/mol. The van der Waals surface area contributed by atoms with Crippen molar-refractivity contribution in [3.8, 4) is 5.75 Å². The van der Waals surface area contributed by atoms with E-state index in [-0.39, 0.29) is 30.3 Å². The number of hydrogen-bond donors (Lipinski definition) is 0. The van der Waals surface area contributed by atoms with Crippen molar-refractivity contribution in [2.24, 2.45) is 0 Å². The van der Waals surface area contributed by atoms with Gasteiger partial charge >= 0.3 is 6.18 Å². The molecule has 0 N–H and O–H groups in total. The van der Waals surface area contributed by atoms with Gasteiger partial charge in [-0.15, -0.1) is 0 Å². The van der Waals surface area contributed by atoms with E-state index < -0.39 is 12.8 Å². The third-order valence-electron chi connectivity index (χ3n) is 2.07. The first-order chi connectivity index (χ1) is 8.79. The fourth-order valence-electron chi connectivity index (χ4n) is 1.30. The Labute approximate surface area is 113 Å². The van der Waals surface area contributed by atoms with E-state index in [1.165, 1.54) is 25.1 Å². The van der Waals surface area contributed by atoms with E-state index in [1.807, 2.05) is 0 Å². The summed E-state index contributed by atoms with van der Waals surface area (Å²) in [6.07, 6.45) is -4.36. The van der Waals surface area contributed by atoms with E-state index in [2.05, 4.69) is 4.74 Å². The average Bonchev–Trinajstić information content (AvgIpc) is 2.28. The number of Topliss-reactive ketones (excluding diaryl/α,β-unsaturated/α-hetero) is 1. The second-order valence-electron chi connectivity index (χ2n) is 3.71. The zero-order valence-corrected chi connectivity index (χ0v) is 10.8. The monoisotopic (exact) mass is 296 g/mol. The minimum absolute atomic E-state index is 0.0853. The highest BCUT2D eigenvalue weighted by atomic mass is 35.5. The molecule has 19 heavy (non-hydrogen) atoms. The van der Waals surface area contributed by atoms with Gasteiger partial charge < -0.3 is 9.47 Å². The number of carbonyl (C=O) groups is 1. The van der Waals surface area contributed by atoms with Crippen LogP contribution in [-0.2, 0) is 4.74 Å². The molecule has 1 rings (SSSR count). The van der Waals surface area contributed by atoms with Crippen LogP contribution in [0.4, 0.5) is 13.2 Å². The van der Waals surface area contributed by atoms with Crippen LogP contribution < -0.4 is 4.74 Å². The molecule has 3 nitrogen and oxygen atoms in total. The lowest BCUT2D eigenvalue weighted by atomic mass is 10.1. The highest BCUT2D eigenvalue weighted by Crippen LogP contribution is 2.23. The molecule has 0 radical (unpaired) electrons. The maximum atomic E-state index is 11.8. The van der Waals surface area contributed by atoms with Crippen molar-refractivity contribution in [1.29, 1.82) is 0 Å². The second-order valence-corrected chi connectivity index (χ2v) is 4.15. The van der Waals surface area contributed by atoms with Crippen LogP contribution in [0.3, 0.4) is 0 Å². The summed E-state index contributed by atoms with van der Waals surface area (Å²) in [5, 5.41) is 0.380. The van der Waals surface area contributed by atoms with Gasteiger partial charge in [-0.1, -0.05) is 11.6 Å². The van der Waals surface area contributed by atoms with Gasteiger partial charge in [0.25, 0.3) is 0 Å². The van der Waals surface area contributed by atoms with Crippen LogP contribution in [0.2, 0.25) is 5.02 Å². The molecule has 7 heteroatoms. The van der Waals surface area contributed by atoms with Gasteiger partial charge in [0.05, 0.1) is 12.2 Å². The summed E-state index contributed by atoms with van der Waals surface area (Å²) in [6, 6.07) is 4.46. The number of halogens is 4. The minimum Gasteiger partial charge on any atom is -0.490 e. The molecule has 0 atom stereocenters. The normalized spacial score (nSPS) is 11.4. The number of ether oxygens (including phenoxy) is 2. The van der Waals surface area contributed by atoms with Crippen molar-refractivity contribution in [1.82, 2.24) is 0 Å². The van der Waals surface area contributed by atoms with E-state index in [0.717, 1.165) is 0 Å². The predicted octanol–water partition coefficient (Wildman–Crippen LogP) is 3.50. The molecular formula is C12H12ClF3O3. The van der Waals surface area contributed by atoms with Gasteiger partial charge in [0.1, 0.15) is 19.0 Å². The molecule has 106 valence electrons. The molecule has 0 unspecified atom stereocenters. The first-order valence-corrected chi connectivity index (χ1v) is 5.75. The fraction of sp³-hybridized carbons (Fsp3) is 0.417. The Bertz CT molecular complexity index is 446. The molecule has 0 aromatic heterocycles. The molecule has 0 aliphatic rings. The van der Waals surface area contributed by atoms with Gasteiger partial charge in [-0.05, 0) is 25.1 Å². The molecule has 0 heterocycles. The number of hydrogen-bond acceptors (Lipinski definition) is 3. The summed E-state index contributed by atoms with van der Waals surface area (Å²) in [7, 11) is 0. The van der Waals surface area contributed by atoms with E-state index in [9.17, 15) is 18.0 Å². The third kappa shape index (κ3) is 5.94. The van der Waals surface area contributed by atoms with Crippen LogP contribution in [0.15, 0.2) is 18.2 Å². The minimum atomic E-state index is -4.36. The van der Waals surface area contributed by atoms with E-state index >= 15 is 0 Å². The number of alkyl halides is 3. The quantitative estimate of drug-likeness (QED) is 0.595. The van der Waals surface area contributed by atoms with Gasteiger partial charge in [-0.3, -0.25) is 4.79 Å². The van der Waals surface area contributed by atoms with Crippen LogP contribution >= 0.6 is 11.6 Å². The van der Waals surface area contributed by atoms with Gasteiger partial charge in [-0.2, -0.15) is 13.2 Å². The molecular weight excluding hydrogens is 285 g/mol. The molecule has 1 aromatic rings. The van der Waals surface area contributed by atoms with Crippen molar-refractivity contribution in [2.75, 3.05) is 19.8 Å². The Hall–Kier alpha value is -1.27.